The fourth-order valence-electron chi connectivity index (χ4n) is 7.48. The molecule has 5 aromatic rings. The maximum atomic E-state index is 3.95. The van der Waals surface area contributed by atoms with Crippen molar-refractivity contribution in [2.75, 3.05) is 6.54 Å². The van der Waals surface area contributed by atoms with Crippen molar-refractivity contribution < 1.29 is 0 Å². The van der Waals surface area contributed by atoms with Crippen molar-refractivity contribution in [3.63, 3.8) is 0 Å². The smallest absolute Gasteiger partial charge is 0.0478 e. The van der Waals surface area contributed by atoms with Crippen LogP contribution >= 0.6 is 24.8 Å². The highest BCUT2D eigenvalue weighted by Crippen LogP contribution is 2.36. The topological polar surface area (TPSA) is 55.6 Å². The Kier molecular flexibility index (Phi) is 10.0. The van der Waals surface area contributed by atoms with Gasteiger partial charge in [-0.25, -0.2) is 0 Å². The molecule has 0 saturated carbocycles. The zero-order chi connectivity index (χ0) is 26.9. The second kappa shape index (κ2) is 13.7. The summed E-state index contributed by atoms with van der Waals surface area (Å²) in [5.41, 5.74) is 11.6. The molecule has 2 unspecified atom stereocenters. The summed E-state index contributed by atoms with van der Waals surface area (Å²) in [4.78, 5) is 7.31. The minimum absolute atomic E-state index is 0. The molecule has 8 rings (SSSR count). The van der Waals surface area contributed by atoms with Crippen molar-refractivity contribution in [2.45, 2.75) is 82.8 Å². The van der Waals surface area contributed by atoms with Crippen LogP contribution in [0.2, 0.25) is 0 Å². The van der Waals surface area contributed by atoms with E-state index in [9.17, 15) is 0 Å². The predicted molar refractivity (Wildman–Crippen MR) is 182 cm³/mol. The first-order chi connectivity index (χ1) is 19.8. The number of aryl methyl sites for hydroxylation is 2. The third-order valence-electron chi connectivity index (χ3n) is 9.36. The van der Waals surface area contributed by atoms with E-state index in [4.69, 9.17) is 0 Å². The van der Waals surface area contributed by atoms with Crippen LogP contribution in [0.5, 0.6) is 0 Å². The number of hydrogen-bond donors (Lipinski definition) is 4. The van der Waals surface area contributed by atoms with E-state index in [-0.39, 0.29) is 24.8 Å². The Morgan fingerprint density at radius 2 is 1.17 bits per heavy atom. The maximum absolute atomic E-state index is 3.95. The fourth-order valence-corrected chi connectivity index (χ4v) is 7.48. The highest BCUT2D eigenvalue weighted by Gasteiger charge is 2.29. The van der Waals surface area contributed by atoms with Crippen LogP contribution < -0.4 is 10.6 Å². The zero-order valence-electron chi connectivity index (χ0n) is 24.5. The lowest BCUT2D eigenvalue weighted by molar-refractivity contribution is 0.396. The van der Waals surface area contributed by atoms with Gasteiger partial charge in [-0.1, -0.05) is 67.6 Å². The van der Waals surface area contributed by atoms with Crippen LogP contribution in [-0.2, 0) is 25.7 Å². The molecule has 2 aromatic heterocycles. The van der Waals surface area contributed by atoms with E-state index in [0.717, 1.165) is 6.54 Å². The molecule has 2 heterocycles. The minimum Gasteiger partial charge on any atom is -0.357 e. The Morgan fingerprint density at radius 3 is 1.74 bits per heavy atom. The lowest BCUT2D eigenvalue weighted by Gasteiger charge is -2.27. The van der Waals surface area contributed by atoms with Gasteiger partial charge in [0.15, 0.2) is 0 Å². The van der Waals surface area contributed by atoms with Crippen molar-refractivity contribution in [3.05, 3.63) is 106 Å². The van der Waals surface area contributed by atoms with Gasteiger partial charge in [-0.05, 0) is 98.7 Å². The van der Waals surface area contributed by atoms with Gasteiger partial charge in [0, 0.05) is 51.3 Å². The summed E-state index contributed by atoms with van der Waals surface area (Å²) in [7, 11) is 0. The largest absolute Gasteiger partial charge is 0.357 e. The van der Waals surface area contributed by atoms with Gasteiger partial charge in [0.1, 0.15) is 0 Å². The van der Waals surface area contributed by atoms with Crippen molar-refractivity contribution in [1.29, 1.82) is 0 Å². The molecule has 4 nitrogen and oxygen atoms in total. The first-order valence-electron chi connectivity index (χ1n) is 15.5. The molecule has 0 bridgehead atoms. The van der Waals surface area contributed by atoms with E-state index < -0.39 is 0 Å². The number of aromatic nitrogens is 2. The molecule has 3 aliphatic carbocycles. The average Bonchev–Trinajstić information content (AvgIpc) is 3.70. The highest BCUT2D eigenvalue weighted by atomic mass is 35.5. The lowest BCUT2D eigenvalue weighted by Crippen LogP contribution is -2.35. The quantitative estimate of drug-likeness (QED) is 0.163. The number of fused-ring (bicyclic) bond motifs is 7. The van der Waals surface area contributed by atoms with Crippen LogP contribution in [0.1, 0.15) is 84.8 Å². The number of benzene rings is 3. The molecule has 0 spiro atoms. The summed E-state index contributed by atoms with van der Waals surface area (Å²) in [6, 6.07) is 27.9. The zero-order valence-corrected chi connectivity index (χ0v) is 26.2. The molecule has 3 aromatic carbocycles. The Hall–Kier alpha value is -2.76. The van der Waals surface area contributed by atoms with Gasteiger partial charge in [0.25, 0.3) is 0 Å². The minimum atomic E-state index is 0. The number of H-pyrrole nitrogens is 2. The van der Waals surface area contributed by atoms with Crippen LogP contribution in [-0.4, -0.2) is 22.6 Å². The van der Waals surface area contributed by atoms with Gasteiger partial charge in [0.05, 0.1) is 0 Å². The molecule has 4 N–H and O–H groups in total. The van der Waals surface area contributed by atoms with Crippen molar-refractivity contribution in [2.24, 2.45) is 0 Å². The van der Waals surface area contributed by atoms with Gasteiger partial charge in [-0.2, -0.15) is 0 Å². The molecule has 222 valence electrons. The first-order valence-corrected chi connectivity index (χ1v) is 15.5. The molecular weight excluding hydrogens is 559 g/mol. The van der Waals surface area contributed by atoms with E-state index in [1.807, 2.05) is 0 Å². The summed E-state index contributed by atoms with van der Waals surface area (Å²) >= 11 is 0. The van der Waals surface area contributed by atoms with Crippen molar-refractivity contribution in [3.8, 4) is 0 Å². The van der Waals surface area contributed by atoms with E-state index in [1.165, 1.54) is 102 Å². The second-order valence-electron chi connectivity index (χ2n) is 12.0. The Labute approximate surface area is 262 Å². The van der Waals surface area contributed by atoms with Crippen molar-refractivity contribution >= 4 is 46.6 Å². The monoisotopic (exact) mass is 602 g/mol. The second-order valence-corrected chi connectivity index (χ2v) is 12.0. The number of halogens is 2. The summed E-state index contributed by atoms with van der Waals surface area (Å²) in [5, 5.41) is 10.4. The molecular formula is C36H44Cl2N4. The number of rotatable bonds is 5. The molecule has 3 aliphatic rings. The van der Waals surface area contributed by atoms with Crippen LogP contribution in [0, 0.1) is 0 Å². The predicted octanol–water partition coefficient (Wildman–Crippen LogP) is 8.69. The lowest BCUT2D eigenvalue weighted by atomic mass is 9.91. The number of aromatic amines is 2. The SMILES string of the molecule is CCCNC1CCCc2c1[nH]c1ccccc21.Cl.Cl.c1ccc2c(c1)CC(NC1CCCc3c1[nH]c1ccccc31)C2. The molecule has 42 heavy (non-hydrogen) atoms. The third kappa shape index (κ3) is 6.01. The summed E-state index contributed by atoms with van der Waals surface area (Å²) < 4.78 is 0. The Balaban J connectivity index is 0.000000167. The number of hydrogen-bond acceptors (Lipinski definition) is 2. The number of nitrogens with one attached hydrogen (secondary N) is 4. The third-order valence-corrected chi connectivity index (χ3v) is 9.36. The molecule has 6 heteroatoms. The van der Waals surface area contributed by atoms with Gasteiger partial charge < -0.3 is 20.6 Å². The van der Waals surface area contributed by atoms with Gasteiger partial charge in [0.2, 0.25) is 0 Å². The van der Waals surface area contributed by atoms with Crippen molar-refractivity contribution in [1.82, 2.24) is 20.6 Å². The molecule has 0 saturated heterocycles. The molecule has 2 atom stereocenters. The van der Waals surface area contributed by atoms with Gasteiger partial charge in [-0.15, -0.1) is 24.8 Å². The number of para-hydroxylation sites is 2. The summed E-state index contributed by atoms with van der Waals surface area (Å²) in [6.45, 7) is 3.33. The van der Waals surface area contributed by atoms with Gasteiger partial charge in [-0.3, -0.25) is 0 Å². The average molecular weight is 604 g/mol. The first kappa shape index (κ1) is 30.7. The molecule has 0 amide bonds. The van der Waals surface area contributed by atoms with Crippen LogP contribution in [0.15, 0.2) is 72.8 Å². The van der Waals surface area contributed by atoms with E-state index in [2.05, 4.69) is 100 Å². The molecule has 0 aliphatic heterocycles. The normalized spacial score (nSPS) is 19.2. The maximum Gasteiger partial charge on any atom is 0.0478 e. The summed E-state index contributed by atoms with van der Waals surface area (Å²) in [6.07, 6.45) is 11.1. The molecule has 0 fully saturated rings. The molecule has 0 radical (unpaired) electrons. The van der Waals surface area contributed by atoms with E-state index >= 15 is 0 Å². The van der Waals surface area contributed by atoms with Crippen LogP contribution in [0.3, 0.4) is 0 Å². The van der Waals surface area contributed by atoms with E-state index in [1.54, 1.807) is 11.1 Å². The fraction of sp³-hybridized carbons (Fsp3) is 0.389. The Morgan fingerprint density at radius 1 is 0.667 bits per heavy atom. The standard InChI is InChI=1S/C21H22N2.C15H20N2.2ClH/c1-2-7-15-13-16(12-14(15)6-1)22-20-11-5-9-18-17-8-3-4-10-19(17)23-21(18)20;1-2-10-16-14-9-5-7-12-11-6-3-4-8-13(11)17-15(12)14;;/h1-4,6-8,10,16,20,22-23H,5,9,11-13H2;3-4,6,8,14,16-17H,2,5,7,9-10H2,1H3;2*1H. The van der Waals surface area contributed by atoms with Gasteiger partial charge >= 0.3 is 0 Å². The van der Waals surface area contributed by atoms with E-state index in [0.29, 0.717) is 18.1 Å². The van der Waals surface area contributed by atoms with Crippen LogP contribution in [0.25, 0.3) is 21.8 Å². The van der Waals surface area contributed by atoms with Crippen LogP contribution in [0.4, 0.5) is 0 Å². The summed E-state index contributed by atoms with van der Waals surface area (Å²) in [5.74, 6) is 0. The highest BCUT2D eigenvalue weighted by molar-refractivity contribution is 5.86. The Bertz CT molecular complexity index is 1590.